The highest BCUT2D eigenvalue weighted by Gasteiger charge is 2.39. The molecule has 3 aliphatic rings. The van der Waals surface area contributed by atoms with Crippen LogP contribution in [0.1, 0.15) is 73.7 Å². The predicted molar refractivity (Wildman–Crippen MR) is 107 cm³/mol. The lowest BCUT2D eigenvalue weighted by Gasteiger charge is -2.45. The van der Waals surface area contributed by atoms with Crippen molar-refractivity contribution in [2.75, 3.05) is 26.2 Å². The lowest BCUT2D eigenvalue weighted by atomic mass is 9.74. The Hall–Kier alpha value is -1.68. The van der Waals surface area contributed by atoms with Crippen LogP contribution in [0.2, 0.25) is 0 Å². The van der Waals surface area contributed by atoms with E-state index in [4.69, 9.17) is 0 Å². The molecule has 0 spiro atoms. The number of carbonyl (C=O) groups excluding carboxylic acids is 2. The first-order valence-electron chi connectivity index (χ1n) is 10.8. The van der Waals surface area contributed by atoms with Crippen LogP contribution in [0.4, 0.5) is 0 Å². The molecule has 4 rings (SSSR count). The molecule has 0 radical (unpaired) electrons. The first-order valence-corrected chi connectivity index (χ1v) is 10.8. The molecule has 2 aliphatic carbocycles. The molecule has 1 saturated heterocycles. The van der Waals surface area contributed by atoms with Crippen LogP contribution in [0.15, 0.2) is 24.3 Å². The number of carbonyl (C=O) groups is 2. The number of hydrogen-bond donors (Lipinski definition) is 0. The molecular formula is C23H32N2O2. The molecule has 1 amide bonds. The van der Waals surface area contributed by atoms with E-state index >= 15 is 0 Å². The van der Waals surface area contributed by atoms with Gasteiger partial charge in [-0.2, -0.15) is 0 Å². The Kier molecular flexibility index (Phi) is 5.63. The minimum absolute atomic E-state index is 0.174. The van der Waals surface area contributed by atoms with Crippen molar-refractivity contribution in [3.63, 3.8) is 0 Å². The molecule has 1 aromatic carbocycles. The summed E-state index contributed by atoms with van der Waals surface area (Å²) in [6.07, 6.45) is 8.61. The van der Waals surface area contributed by atoms with Gasteiger partial charge in [-0.3, -0.25) is 14.5 Å². The highest BCUT2D eigenvalue weighted by atomic mass is 16.2. The highest BCUT2D eigenvalue weighted by Crippen LogP contribution is 2.36. The van der Waals surface area contributed by atoms with Gasteiger partial charge in [-0.1, -0.05) is 43.5 Å². The summed E-state index contributed by atoms with van der Waals surface area (Å²) in [5, 5.41) is 0. The monoisotopic (exact) mass is 368 g/mol. The molecule has 3 fully saturated rings. The largest absolute Gasteiger partial charge is 0.340 e. The fraction of sp³-hybridized carbons (Fsp3) is 0.652. The summed E-state index contributed by atoms with van der Waals surface area (Å²) in [5.74, 6) is 1.38. The fourth-order valence-electron chi connectivity index (χ4n) is 5.09. The van der Waals surface area contributed by atoms with Crippen LogP contribution in [0.3, 0.4) is 0 Å². The fourth-order valence-corrected chi connectivity index (χ4v) is 5.09. The summed E-state index contributed by atoms with van der Waals surface area (Å²) in [4.78, 5) is 28.6. The van der Waals surface area contributed by atoms with E-state index in [1.54, 1.807) is 6.92 Å². The number of Topliss-reactive ketones (excluding diaryl/α,β-unsaturated/α-hetero) is 1. The second-order valence-electron chi connectivity index (χ2n) is 8.69. The lowest BCUT2D eigenvalue weighted by Crippen LogP contribution is -2.55. The summed E-state index contributed by atoms with van der Waals surface area (Å²) in [6, 6.07) is 9.03. The SMILES string of the molecule is CC(=O)N1CCN(C2CC(C(=O)c3ccc(C4CCCCC4)cc3)C2)CC1. The quantitative estimate of drug-likeness (QED) is 0.758. The maximum Gasteiger partial charge on any atom is 0.219 e. The van der Waals surface area contributed by atoms with Crippen molar-refractivity contribution in [1.82, 2.24) is 9.80 Å². The molecule has 1 heterocycles. The molecule has 4 nitrogen and oxygen atoms in total. The zero-order valence-corrected chi connectivity index (χ0v) is 16.5. The van der Waals surface area contributed by atoms with Crippen LogP contribution in [0.5, 0.6) is 0 Å². The van der Waals surface area contributed by atoms with E-state index in [1.165, 1.54) is 37.7 Å². The van der Waals surface area contributed by atoms with Crippen molar-refractivity contribution < 1.29 is 9.59 Å². The smallest absolute Gasteiger partial charge is 0.219 e. The second-order valence-corrected chi connectivity index (χ2v) is 8.69. The van der Waals surface area contributed by atoms with E-state index < -0.39 is 0 Å². The van der Waals surface area contributed by atoms with E-state index in [0.717, 1.165) is 44.6 Å². The Morgan fingerprint density at radius 3 is 2.11 bits per heavy atom. The normalized spacial score (nSPS) is 27.2. The van der Waals surface area contributed by atoms with Gasteiger partial charge >= 0.3 is 0 Å². The first-order chi connectivity index (χ1) is 13.1. The van der Waals surface area contributed by atoms with Gasteiger partial charge in [-0.05, 0) is 37.2 Å². The van der Waals surface area contributed by atoms with Crippen LogP contribution in [0, 0.1) is 5.92 Å². The standard InChI is InChI=1S/C23H32N2O2/c1-17(26)24-11-13-25(14-12-24)22-15-21(16-22)23(27)20-9-7-19(8-10-20)18-5-3-2-4-6-18/h7-10,18,21-22H,2-6,11-16H2,1H3. The van der Waals surface area contributed by atoms with Crippen molar-refractivity contribution in [1.29, 1.82) is 0 Å². The lowest BCUT2D eigenvalue weighted by molar-refractivity contribution is -0.131. The maximum absolute atomic E-state index is 12.8. The summed E-state index contributed by atoms with van der Waals surface area (Å²) < 4.78 is 0. The maximum atomic E-state index is 12.8. The van der Waals surface area contributed by atoms with E-state index in [1.807, 2.05) is 4.90 Å². The predicted octanol–water partition coefficient (Wildman–Crippen LogP) is 3.86. The molecule has 0 N–H and O–H groups in total. The third-order valence-corrected chi connectivity index (χ3v) is 7.03. The number of rotatable bonds is 4. The molecule has 0 atom stereocenters. The number of amides is 1. The van der Waals surface area contributed by atoms with E-state index in [9.17, 15) is 9.59 Å². The Morgan fingerprint density at radius 2 is 1.52 bits per heavy atom. The average molecular weight is 369 g/mol. The van der Waals surface area contributed by atoms with E-state index in [2.05, 4.69) is 29.2 Å². The number of ketones is 1. The van der Waals surface area contributed by atoms with Crippen LogP contribution < -0.4 is 0 Å². The molecule has 0 bridgehead atoms. The molecule has 146 valence electrons. The third-order valence-electron chi connectivity index (χ3n) is 7.03. The second kappa shape index (κ2) is 8.14. The van der Waals surface area contributed by atoms with Gasteiger partial charge < -0.3 is 4.90 Å². The van der Waals surface area contributed by atoms with E-state index in [-0.39, 0.29) is 11.8 Å². The molecular weight excluding hydrogens is 336 g/mol. The van der Waals surface area contributed by atoms with Crippen molar-refractivity contribution in [3.05, 3.63) is 35.4 Å². The first kappa shape index (κ1) is 18.7. The Bertz CT molecular complexity index is 664. The minimum Gasteiger partial charge on any atom is -0.340 e. The number of piperazine rings is 1. The summed E-state index contributed by atoms with van der Waals surface area (Å²) in [7, 11) is 0. The minimum atomic E-state index is 0.174. The zero-order valence-electron chi connectivity index (χ0n) is 16.5. The summed E-state index contributed by atoms with van der Waals surface area (Å²) in [5.41, 5.74) is 2.31. The molecule has 27 heavy (non-hydrogen) atoms. The molecule has 0 unspecified atom stereocenters. The molecule has 2 saturated carbocycles. The van der Waals surface area contributed by atoms with Gasteiger partial charge in [0.05, 0.1) is 0 Å². The summed E-state index contributed by atoms with van der Waals surface area (Å²) in [6.45, 7) is 5.19. The Labute approximate surface area is 162 Å². The number of benzene rings is 1. The van der Waals surface area contributed by atoms with Gasteiger partial charge in [0, 0.05) is 50.6 Å². The van der Waals surface area contributed by atoms with Crippen LogP contribution in [-0.2, 0) is 4.79 Å². The number of nitrogens with zero attached hydrogens (tertiary/aromatic N) is 2. The van der Waals surface area contributed by atoms with Crippen molar-refractivity contribution >= 4 is 11.7 Å². The van der Waals surface area contributed by atoms with Crippen LogP contribution >= 0.6 is 0 Å². The van der Waals surface area contributed by atoms with Gasteiger partial charge in [0.1, 0.15) is 0 Å². The number of hydrogen-bond acceptors (Lipinski definition) is 3. The third kappa shape index (κ3) is 4.11. The van der Waals surface area contributed by atoms with Gasteiger partial charge in [0.25, 0.3) is 0 Å². The Morgan fingerprint density at radius 1 is 0.889 bits per heavy atom. The van der Waals surface area contributed by atoms with Crippen molar-refractivity contribution in [2.45, 2.75) is 63.8 Å². The Balaban J connectivity index is 1.27. The van der Waals surface area contributed by atoms with Gasteiger partial charge in [0.2, 0.25) is 5.91 Å². The average Bonchev–Trinajstić information content (AvgIpc) is 2.68. The van der Waals surface area contributed by atoms with E-state index in [0.29, 0.717) is 17.7 Å². The van der Waals surface area contributed by atoms with Gasteiger partial charge in [-0.25, -0.2) is 0 Å². The highest BCUT2D eigenvalue weighted by molar-refractivity contribution is 5.98. The molecule has 1 aromatic rings. The zero-order chi connectivity index (χ0) is 18.8. The molecule has 0 aromatic heterocycles. The van der Waals surface area contributed by atoms with Crippen molar-refractivity contribution in [3.8, 4) is 0 Å². The summed E-state index contributed by atoms with van der Waals surface area (Å²) >= 11 is 0. The molecule has 4 heteroatoms. The van der Waals surface area contributed by atoms with Crippen molar-refractivity contribution in [2.24, 2.45) is 5.92 Å². The van der Waals surface area contributed by atoms with Crippen LogP contribution in [-0.4, -0.2) is 53.7 Å². The van der Waals surface area contributed by atoms with Gasteiger partial charge in [0.15, 0.2) is 5.78 Å². The van der Waals surface area contributed by atoms with Crippen LogP contribution in [0.25, 0.3) is 0 Å². The topological polar surface area (TPSA) is 40.6 Å². The van der Waals surface area contributed by atoms with Gasteiger partial charge in [-0.15, -0.1) is 0 Å². The molecule has 1 aliphatic heterocycles.